The summed E-state index contributed by atoms with van der Waals surface area (Å²) in [5.41, 5.74) is 2.08. The first-order valence-corrected chi connectivity index (χ1v) is 5.01. The number of nitrogens with zero attached hydrogens (tertiary/aromatic N) is 1. The van der Waals surface area contributed by atoms with Gasteiger partial charge in [-0.2, -0.15) is 0 Å². The molecule has 0 aliphatic heterocycles. The van der Waals surface area contributed by atoms with Crippen LogP contribution in [0.25, 0.3) is 11.1 Å². The second-order valence-corrected chi connectivity index (χ2v) is 3.32. The summed E-state index contributed by atoms with van der Waals surface area (Å²) in [5, 5.41) is 9.35. The molecular weight excluding hydrogens is 250 g/mol. The number of alkyl halides is 1. The van der Waals surface area contributed by atoms with Gasteiger partial charge in [0.2, 0.25) is 0 Å². The van der Waals surface area contributed by atoms with Gasteiger partial charge in [0.05, 0.1) is 0 Å². The number of carbonyl (C=O) groups is 1. The third-order valence-corrected chi connectivity index (χ3v) is 2.44. The SMILES string of the molecule is O=C(O)c1nc2ccc(CBr)cc2o1. The van der Waals surface area contributed by atoms with E-state index in [4.69, 9.17) is 9.52 Å². The highest BCUT2D eigenvalue weighted by molar-refractivity contribution is 9.08. The minimum Gasteiger partial charge on any atom is -0.474 e. The van der Waals surface area contributed by atoms with E-state index in [0.29, 0.717) is 16.4 Å². The Bertz CT molecular complexity index is 492. The van der Waals surface area contributed by atoms with Crippen LogP contribution in [0.15, 0.2) is 22.6 Å². The first kappa shape index (κ1) is 9.21. The van der Waals surface area contributed by atoms with Gasteiger partial charge in [0.15, 0.2) is 5.58 Å². The summed E-state index contributed by atoms with van der Waals surface area (Å²) in [4.78, 5) is 14.4. The van der Waals surface area contributed by atoms with Crippen LogP contribution in [-0.4, -0.2) is 16.1 Å². The van der Waals surface area contributed by atoms with Crippen molar-refractivity contribution in [3.05, 3.63) is 29.7 Å². The third-order valence-electron chi connectivity index (χ3n) is 1.79. The number of carboxylic acid groups (broad SMARTS) is 1. The van der Waals surface area contributed by atoms with E-state index < -0.39 is 5.97 Å². The average Bonchev–Trinajstić information content (AvgIpc) is 2.59. The summed E-state index contributed by atoms with van der Waals surface area (Å²) in [6, 6.07) is 5.37. The maximum Gasteiger partial charge on any atom is 0.392 e. The molecule has 0 fully saturated rings. The van der Waals surface area contributed by atoms with Crippen molar-refractivity contribution in [3.8, 4) is 0 Å². The van der Waals surface area contributed by atoms with Gasteiger partial charge in [0.1, 0.15) is 5.52 Å². The normalized spacial score (nSPS) is 10.6. The Morgan fingerprint density at radius 1 is 1.57 bits per heavy atom. The lowest BCUT2D eigenvalue weighted by Gasteiger charge is -1.91. The van der Waals surface area contributed by atoms with E-state index in [1.807, 2.05) is 6.07 Å². The topological polar surface area (TPSA) is 63.3 Å². The number of aromatic nitrogens is 1. The quantitative estimate of drug-likeness (QED) is 0.838. The van der Waals surface area contributed by atoms with E-state index in [1.54, 1.807) is 12.1 Å². The molecular formula is C9H6BrNO3. The molecule has 2 aromatic rings. The summed E-state index contributed by atoms with van der Waals surface area (Å²) < 4.78 is 5.04. The highest BCUT2D eigenvalue weighted by Gasteiger charge is 2.12. The number of aromatic carboxylic acids is 1. The van der Waals surface area contributed by atoms with E-state index in [-0.39, 0.29) is 5.89 Å². The maximum absolute atomic E-state index is 10.6. The van der Waals surface area contributed by atoms with E-state index in [1.165, 1.54) is 0 Å². The zero-order valence-corrected chi connectivity index (χ0v) is 8.61. The van der Waals surface area contributed by atoms with Crippen molar-refractivity contribution in [3.63, 3.8) is 0 Å². The molecule has 0 aliphatic carbocycles. The van der Waals surface area contributed by atoms with Gasteiger partial charge in [-0.1, -0.05) is 22.0 Å². The molecule has 5 heteroatoms. The summed E-state index contributed by atoms with van der Waals surface area (Å²) in [6.07, 6.45) is 0. The Kier molecular flexibility index (Phi) is 2.25. The molecule has 0 saturated carbocycles. The molecule has 1 aromatic heterocycles. The van der Waals surface area contributed by atoms with E-state index >= 15 is 0 Å². The molecule has 2 rings (SSSR count). The third kappa shape index (κ3) is 1.50. The predicted molar refractivity (Wildman–Crippen MR) is 53.6 cm³/mol. The fraction of sp³-hybridized carbons (Fsp3) is 0.111. The smallest absolute Gasteiger partial charge is 0.392 e. The van der Waals surface area contributed by atoms with Crippen LogP contribution in [0.2, 0.25) is 0 Å². The molecule has 1 N–H and O–H groups in total. The molecule has 1 heterocycles. The predicted octanol–water partition coefficient (Wildman–Crippen LogP) is 2.42. The monoisotopic (exact) mass is 255 g/mol. The summed E-state index contributed by atoms with van der Waals surface area (Å²) in [6.45, 7) is 0. The fourth-order valence-electron chi connectivity index (χ4n) is 1.14. The summed E-state index contributed by atoms with van der Waals surface area (Å²) in [7, 11) is 0. The number of rotatable bonds is 2. The maximum atomic E-state index is 10.6. The first-order valence-electron chi connectivity index (χ1n) is 3.89. The van der Waals surface area contributed by atoms with E-state index in [0.717, 1.165) is 5.56 Å². The fourth-order valence-corrected chi connectivity index (χ4v) is 1.49. The second-order valence-electron chi connectivity index (χ2n) is 2.76. The zero-order valence-electron chi connectivity index (χ0n) is 7.03. The van der Waals surface area contributed by atoms with Crippen LogP contribution in [-0.2, 0) is 5.33 Å². The molecule has 72 valence electrons. The number of benzene rings is 1. The lowest BCUT2D eigenvalue weighted by Crippen LogP contribution is -1.94. The highest BCUT2D eigenvalue weighted by Crippen LogP contribution is 2.18. The Morgan fingerprint density at radius 2 is 2.36 bits per heavy atom. The Hall–Kier alpha value is -1.36. The molecule has 4 nitrogen and oxygen atoms in total. The van der Waals surface area contributed by atoms with Gasteiger partial charge < -0.3 is 9.52 Å². The molecule has 0 atom stereocenters. The van der Waals surface area contributed by atoms with Crippen molar-refractivity contribution in [2.45, 2.75) is 5.33 Å². The van der Waals surface area contributed by atoms with Gasteiger partial charge in [-0.25, -0.2) is 9.78 Å². The number of carboxylic acids is 1. The van der Waals surface area contributed by atoms with Crippen LogP contribution in [0.3, 0.4) is 0 Å². The number of hydrogen-bond donors (Lipinski definition) is 1. The largest absolute Gasteiger partial charge is 0.474 e. The molecule has 0 bridgehead atoms. The standard InChI is InChI=1S/C9H6BrNO3/c10-4-5-1-2-6-7(3-5)14-8(11-6)9(12)13/h1-3H,4H2,(H,12,13). The van der Waals surface area contributed by atoms with Crippen LogP contribution in [0.5, 0.6) is 0 Å². The minimum atomic E-state index is -1.15. The molecule has 0 aliphatic rings. The van der Waals surface area contributed by atoms with Gasteiger partial charge in [-0.3, -0.25) is 0 Å². The van der Waals surface area contributed by atoms with Crippen molar-refractivity contribution in [2.24, 2.45) is 0 Å². The van der Waals surface area contributed by atoms with E-state index in [2.05, 4.69) is 20.9 Å². The number of hydrogen-bond acceptors (Lipinski definition) is 3. The average molecular weight is 256 g/mol. The lowest BCUT2D eigenvalue weighted by atomic mass is 10.2. The van der Waals surface area contributed by atoms with Gasteiger partial charge >= 0.3 is 11.9 Å². The Labute approximate surface area is 87.7 Å². The molecule has 0 radical (unpaired) electrons. The molecule has 14 heavy (non-hydrogen) atoms. The van der Waals surface area contributed by atoms with Crippen LogP contribution >= 0.6 is 15.9 Å². The number of halogens is 1. The van der Waals surface area contributed by atoms with Crippen LogP contribution in [0, 0.1) is 0 Å². The highest BCUT2D eigenvalue weighted by atomic mass is 79.9. The molecule has 0 unspecified atom stereocenters. The number of fused-ring (bicyclic) bond motifs is 1. The zero-order chi connectivity index (χ0) is 10.1. The van der Waals surface area contributed by atoms with Crippen molar-refractivity contribution < 1.29 is 14.3 Å². The van der Waals surface area contributed by atoms with Crippen LogP contribution < -0.4 is 0 Å². The Morgan fingerprint density at radius 3 is 3.00 bits per heavy atom. The van der Waals surface area contributed by atoms with Gasteiger partial charge in [0, 0.05) is 5.33 Å². The molecule has 0 spiro atoms. The minimum absolute atomic E-state index is 0.272. The second kappa shape index (κ2) is 3.42. The summed E-state index contributed by atoms with van der Waals surface area (Å²) >= 11 is 3.30. The summed E-state index contributed by atoms with van der Waals surface area (Å²) in [5.74, 6) is -1.42. The van der Waals surface area contributed by atoms with Gasteiger partial charge in [0.25, 0.3) is 0 Å². The van der Waals surface area contributed by atoms with Crippen molar-refractivity contribution >= 4 is 33.0 Å². The molecule has 0 amide bonds. The van der Waals surface area contributed by atoms with Gasteiger partial charge in [-0.05, 0) is 17.7 Å². The molecule has 1 aromatic carbocycles. The van der Waals surface area contributed by atoms with Crippen LogP contribution in [0.1, 0.15) is 16.2 Å². The molecule has 0 saturated heterocycles. The van der Waals surface area contributed by atoms with Crippen molar-refractivity contribution in [1.82, 2.24) is 4.98 Å². The van der Waals surface area contributed by atoms with Crippen molar-refractivity contribution in [2.75, 3.05) is 0 Å². The van der Waals surface area contributed by atoms with Crippen LogP contribution in [0.4, 0.5) is 0 Å². The van der Waals surface area contributed by atoms with Crippen molar-refractivity contribution in [1.29, 1.82) is 0 Å². The lowest BCUT2D eigenvalue weighted by molar-refractivity contribution is 0.0656. The van der Waals surface area contributed by atoms with E-state index in [9.17, 15) is 4.79 Å². The number of oxazole rings is 1. The Balaban J connectivity index is 2.60. The first-order chi connectivity index (χ1) is 6.70. The van der Waals surface area contributed by atoms with Gasteiger partial charge in [-0.15, -0.1) is 0 Å².